The number of amides is 1. The Hall–Kier alpha value is -4.25. The number of carbonyl (C=O) groups excluding carboxylic acids is 1. The number of fused-ring (bicyclic) bond motifs is 1. The van der Waals surface area contributed by atoms with Gasteiger partial charge in [-0.25, -0.2) is 4.98 Å². The van der Waals surface area contributed by atoms with E-state index in [0.717, 1.165) is 0 Å². The molecule has 0 aliphatic carbocycles. The Kier molecular flexibility index (Phi) is 6.62. The maximum absolute atomic E-state index is 12.6. The molecule has 5 aromatic rings. The third-order valence-corrected chi connectivity index (χ3v) is 6.15. The molecule has 2 N–H and O–H groups in total. The zero-order valence-corrected chi connectivity index (χ0v) is 20.9. The van der Waals surface area contributed by atoms with E-state index >= 15 is 0 Å². The van der Waals surface area contributed by atoms with Crippen LogP contribution in [0, 0.1) is 10.1 Å². The number of hydrogen-bond acceptors (Lipinski definition) is 7. The minimum absolute atomic E-state index is 0.0103. The molecule has 2 heterocycles. The minimum Gasteiger partial charge on any atom is -0.451 e. The number of thiocarbonyl (C=S) groups is 1. The zero-order valence-electron chi connectivity index (χ0n) is 18.5. The number of furan rings is 1. The summed E-state index contributed by atoms with van der Waals surface area (Å²) >= 11 is 17.3. The van der Waals surface area contributed by atoms with E-state index in [1.54, 1.807) is 48.5 Å². The summed E-state index contributed by atoms with van der Waals surface area (Å²) in [6, 6.07) is 19.1. The second kappa shape index (κ2) is 10.0. The SMILES string of the molecule is O=C(NC(=S)Nc1ccc2oc(-c3ccc(Cl)c(Cl)c3)nc2c1)c1ccc(-c2cccc([N+](=O)[O-])c2)o1. The second-order valence-corrected chi connectivity index (χ2v) is 8.93. The van der Waals surface area contributed by atoms with Crippen LogP contribution in [0.3, 0.4) is 0 Å². The summed E-state index contributed by atoms with van der Waals surface area (Å²) < 4.78 is 11.4. The molecule has 0 aliphatic rings. The number of rotatable bonds is 5. The van der Waals surface area contributed by atoms with Crippen molar-refractivity contribution >= 4 is 68.9 Å². The van der Waals surface area contributed by atoms with E-state index in [-0.39, 0.29) is 16.6 Å². The fourth-order valence-electron chi connectivity index (χ4n) is 3.47. The van der Waals surface area contributed by atoms with Crippen LogP contribution in [0.1, 0.15) is 10.6 Å². The molecule has 9 nitrogen and oxygen atoms in total. The van der Waals surface area contributed by atoms with Crippen molar-refractivity contribution < 1.29 is 18.6 Å². The molecule has 12 heteroatoms. The Morgan fingerprint density at radius 3 is 2.57 bits per heavy atom. The van der Waals surface area contributed by atoms with Crippen LogP contribution < -0.4 is 10.6 Å². The number of carbonyl (C=O) groups is 1. The van der Waals surface area contributed by atoms with Crippen LogP contribution in [0.5, 0.6) is 0 Å². The predicted molar refractivity (Wildman–Crippen MR) is 144 cm³/mol. The first-order chi connectivity index (χ1) is 17.8. The summed E-state index contributed by atoms with van der Waals surface area (Å²) in [6.45, 7) is 0. The molecule has 37 heavy (non-hydrogen) atoms. The van der Waals surface area contributed by atoms with Crippen LogP contribution >= 0.6 is 35.4 Å². The highest BCUT2D eigenvalue weighted by Crippen LogP contribution is 2.31. The summed E-state index contributed by atoms with van der Waals surface area (Å²) in [5.74, 6) is 0.0865. The molecule has 3 aromatic carbocycles. The van der Waals surface area contributed by atoms with Gasteiger partial charge in [0.05, 0.1) is 15.0 Å². The van der Waals surface area contributed by atoms with Gasteiger partial charge in [-0.2, -0.15) is 0 Å². The van der Waals surface area contributed by atoms with Crippen molar-refractivity contribution in [2.24, 2.45) is 0 Å². The standard InChI is InChI=1S/C25H14Cl2N4O5S/c26-17-6-4-14(11-18(17)27)24-29-19-12-15(5-7-21(19)36-24)28-25(37)30-23(32)22-9-8-20(35-22)13-2-1-3-16(10-13)31(33)34/h1-12H,(H2,28,30,32,37). The second-order valence-electron chi connectivity index (χ2n) is 7.71. The van der Waals surface area contributed by atoms with Gasteiger partial charge in [0.1, 0.15) is 11.3 Å². The van der Waals surface area contributed by atoms with E-state index < -0.39 is 10.8 Å². The molecule has 0 aliphatic heterocycles. The van der Waals surface area contributed by atoms with Crippen molar-refractivity contribution in [3.8, 4) is 22.8 Å². The topological polar surface area (TPSA) is 123 Å². The number of halogens is 2. The quantitative estimate of drug-likeness (QED) is 0.134. The summed E-state index contributed by atoms with van der Waals surface area (Å²) in [5, 5.41) is 17.3. The zero-order chi connectivity index (χ0) is 26.1. The molecule has 0 bridgehead atoms. The third-order valence-electron chi connectivity index (χ3n) is 5.21. The Bertz CT molecular complexity index is 1700. The average Bonchev–Trinajstić information content (AvgIpc) is 3.53. The molecule has 0 saturated carbocycles. The fraction of sp³-hybridized carbons (Fsp3) is 0. The Labute approximate surface area is 224 Å². The third kappa shape index (κ3) is 5.31. The monoisotopic (exact) mass is 552 g/mol. The largest absolute Gasteiger partial charge is 0.451 e. The van der Waals surface area contributed by atoms with Crippen molar-refractivity contribution in [1.82, 2.24) is 10.3 Å². The van der Waals surface area contributed by atoms with E-state index in [1.165, 1.54) is 24.3 Å². The van der Waals surface area contributed by atoms with Crippen molar-refractivity contribution in [2.45, 2.75) is 0 Å². The van der Waals surface area contributed by atoms with Crippen LogP contribution in [0.2, 0.25) is 10.0 Å². The highest BCUT2D eigenvalue weighted by molar-refractivity contribution is 7.80. The molecule has 5 rings (SSSR count). The summed E-state index contributed by atoms with van der Waals surface area (Å²) in [4.78, 5) is 27.6. The molecule has 2 aromatic heterocycles. The molecule has 0 spiro atoms. The van der Waals surface area contributed by atoms with Gasteiger partial charge in [-0.1, -0.05) is 35.3 Å². The number of nitro benzene ring substituents is 1. The first-order valence-corrected chi connectivity index (χ1v) is 11.8. The molecule has 0 saturated heterocycles. The van der Waals surface area contributed by atoms with Crippen LogP contribution in [0.15, 0.2) is 81.6 Å². The first kappa shape index (κ1) is 24.4. The van der Waals surface area contributed by atoms with Gasteiger partial charge < -0.3 is 14.2 Å². The maximum Gasteiger partial charge on any atom is 0.293 e. The normalized spacial score (nSPS) is 10.9. The number of oxazole rings is 1. The number of nitrogens with zero attached hydrogens (tertiary/aromatic N) is 2. The van der Waals surface area contributed by atoms with Gasteiger partial charge in [0.15, 0.2) is 16.5 Å². The molecule has 0 unspecified atom stereocenters. The summed E-state index contributed by atoms with van der Waals surface area (Å²) in [6.07, 6.45) is 0. The fourth-order valence-corrected chi connectivity index (χ4v) is 3.98. The molecule has 1 amide bonds. The summed E-state index contributed by atoms with van der Waals surface area (Å²) in [7, 11) is 0. The lowest BCUT2D eigenvalue weighted by Crippen LogP contribution is -2.33. The smallest absolute Gasteiger partial charge is 0.293 e. The number of nitrogens with one attached hydrogen (secondary N) is 2. The lowest BCUT2D eigenvalue weighted by Gasteiger charge is -2.08. The van der Waals surface area contributed by atoms with Gasteiger partial charge in [0, 0.05) is 28.9 Å². The number of anilines is 1. The molecule has 0 atom stereocenters. The van der Waals surface area contributed by atoms with Crippen LogP contribution in [0.4, 0.5) is 11.4 Å². The molecular weight excluding hydrogens is 539 g/mol. The Balaban J connectivity index is 1.26. The number of hydrogen-bond donors (Lipinski definition) is 2. The van der Waals surface area contributed by atoms with Gasteiger partial charge in [-0.3, -0.25) is 20.2 Å². The van der Waals surface area contributed by atoms with Gasteiger partial charge in [0.2, 0.25) is 5.89 Å². The lowest BCUT2D eigenvalue weighted by molar-refractivity contribution is -0.384. The Morgan fingerprint density at radius 1 is 0.946 bits per heavy atom. The molecular formula is C25H14Cl2N4O5S. The molecule has 0 fully saturated rings. The van der Waals surface area contributed by atoms with Crippen molar-refractivity contribution in [3.05, 3.63) is 98.7 Å². The van der Waals surface area contributed by atoms with E-state index in [9.17, 15) is 14.9 Å². The lowest BCUT2D eigenvalue weighted by atomic mass is 10.1. The van der Waals surface area contributed by atoms with Crippen molar-refractivity contribution in [3.63, 3.8) is 0 Å². The minimum atomic E-state index is -0.585. The number of non-ortho nitro benzene ring substituents is 1. The maximum atomic E-state index is 12.6. The van der Waals surface area contributed by atoms with Gasteiger partial charge in [-0.05, 0) is 60.7 Å². The number of aromatic nitrogens is 1. The highest BCUT2D eigenvalue weighted by Gasteiger charge is 2.16. The van der Waals surface area contributed by atoms with Gasteiger partial charge >= 0.3 is 0 Å². The van der Waals surface area contributed by atoms with E-state index in [1.807, 2.05) is 0 Å². The van der Waals surface area contributed by atoms with E-state index in [2.05, 4.69) is 15.6 Å². The van der Waals surface area contributed by atoms with E-state index in [4.69, 9.17) is 44.3 Å². The molecule has 184 valence electrons. The van der Waals surface area contributed by atoms with Gasteiger partial charge in [0.25, 0.3) is 11.6 Å². The van der Waals surface area contributed by atoms with Crippen LogP contribution in [0.25, 0.3) is 33.9 Å². The predicted octanol–water partition coefficient (Wildman–Crippen LogP) is 7.10. The van der Waals surface area contributed by atoms with Gasteiger partial charge in [-0.15, -0.1) is 0 Å². The van der Waals surface area contributed by atoms with Crippen molar-refractivity contribution in [2.75, 3.05) is 5.32 Å². The highest BCUT2D eigenvalue weighted by atomic mass is 35.5. The van der Waals surface area contributed by atoms with Crippen LogP contribution in [-0.2, 0) is 0 Å². The number of benzene rings is 3. The Morgan fingerprint density at radius 2 is 1.78 bits per heavy atom. The first-order valence-electron chi connectivity index (χ1n) is 10.6. The molecule has 0 radical (unpaired) electrons. The van der Waals surface area contributed by atoms with E-state index in [0.29, 0.717) is 49.6 Å². The average molecular weight is 553 g/mol. The summed E-state index contributed by atoms with van der Waals surface area (Å²) in [5.41, 5.74) is 2.74. The van der Waals surface area contributed by atoms with Crippen LogP contribution in [-0.4, -0.2) is 20.9 Å². The number of nitro groups is 1. The van der Waals surface area contributed by atoms with Crippen molar-refractivity contribution in [1.29, 1.82) is 0 Å².